The van der Waals surface area contributed by atoms with E-state index in [2.05, 4.69) is 0 Å². The molecule has 1 aliphatic heterocycles. The number of methoxy groups -OCH3 is 1. The van der Waals surface area contributed by atoms with Gasteiger partial charge in [0.2, 0.25) is 10.0 Å². The zero-order chi connectivity index (χ0) is 17.9. The summed E-state index contributed by atoms with van der Waals surface area (Å²) in [6, 6.07) is 11.5. The maximum atomic E-state index is 12.6. The van der Waals surface area contributed by atoms with Gasteiger partial charge in [-0.3, -0.25) is 0 Å². The first kappa shape index (κ1) is 18.0. The van der Waals surface area contributed by atoms with Gasteiger partial charge in [-0.25, -0.2) is 8.42 Å². The molecular formula is C18H20ClNO4S. The number of rotatable bonds is 5. The molecule has 1 fully saturated rings. The quantitative estimate of drug-likeness (QED) is 0.774. The SMILES string of the molecule is COc1cc(Cl)ccc1Oc1ccc(S(=O)(=O)N2CCCCC2)cc1. The van der Waals surface area contributed by atoms with Crippen LogP contribution in [0.5, 0.6) is 17.2 Å². The Morgan fingerprint density at radius 1 is 0.960 bits per heavy atom. The second-order valence-corrected chi connectivity index (χ2v) is 8.21. The molecule has 1 heterocycles. The second kappa shape index (κ2) is 7.64. The van der Waals surface area contributed by atoms with Gasteiger partial charge in [0.15, 0.2) is 11.5 Å². The van der Waals surface area contributed by atoms with E-state index in [9.17, 15) is 8.42 Å². The van der Waals surface area contributed by atoms with Gasteiger partial charge in [0.1, 0.15) is 5.75 Å². The molecule has 0 N–H and O–H groups in total. The minimum absolute atomic E-state index is 0.282. The van der Waals surface area contributed by atoms with Crippen molar-refractivity contribution in [3.63, 3.8) is 0 Å². The van der Waals surface area contributed by atoms with Crippen molar-refractivity contribution in [2.75, 3.05) is 20.2 Å². The summed E-state index contributed by atoms with van der Waals surface area (Å²) in [5.41, 5.74) is 0. The second-order valence-electron chi connectivity index (χ2n) is 5.83. The molecule has 0 aromatic heterocycles. The fourth-order valence-electron chi connectivity index (χ4n) is 2.79. The van der Waals surface area contributed by atoms with E-state index in [0.717, 1.165) is 19.3 Å². The lowest BCUT2D eigenvalue weighted by Crippen LogP contribution is -2.35. The lowest BCUT2D eigenvalue weighted by Gasteiger charge is -2.25. The molecule has 0 radical (unpaired) electrons. The smallest absolute Gasteiger partial charge is 0.243 e. The average molecular weight is 382 g/mol. The van der Waals surface area contributed by atoms with Crippen LogP contribution in [0.25, 0.3) is 0 Å². The molecule has 2 aromatic carbocycles. The van der Waals surface area contributed by atoms with Gasteiger partial charge in [0, 0.05) is 24.2 Å². The van der Waals surface area contributed by atoms with Crippen LogP contribution >= 0.6 is 11.6 Å². The van der Waals surface area contributed by atoms with E-state index >= 15 is 0 Å². The number of hydrogen-bond donors (Lipinski definition) is 0. The first-order valence-electron chi connectivity index (χ1n) is 8.12. The van der Waals surface area contributed by atoms with Crippen LogP contribution in [0.2, 0.25) is 5.02 Å². The Balaban J connectivity index is 1.78. The number of ether oxygens (including phenoxy) is 2. The van der Waals surface area contributed by atoms with Gasteiger partial charge in [-0.15, -0.1) is 0 Å². The van der Waals surface area contributed by atoms with E-state index in [1.54, 1.807) is 46.8 Å². The van der Waals surface area contributed by atoms with E-state index < -0.39 is 10.0 Å². The third-order valence-electron chi connectivity index (χ3n) is 4.13. The van der Waals surface area contributed by atoms with Gasteiger partial charge in [-0.05, 0) is 49.2 Å². The fraction of sp³-hybridized carbons (Fsp3) is 0.333. The van der Waals surface area contributed by atoms with Crippen molar-refractivity contribution in [3.05, 3.63) is 47.5 Å². The van der Waals surface area contributed by atoms with Crippen LogP contribution in [0.1, 0.15) is 19.3 Å². The Labute approximate surface area is 153 Å². The molecule has 1 saturated heterocycles. The number of hydrogen-bond acceptors (Lipinski definition) is 4. The van der Waals surface area contributed by atoms with Crippen LogP contribution < -0.4 is 9.47 Å². The van der Waals surface area contributed by atoms with E-state index in [4.69, 9.17) is 21.1 Å². The Morgan fingerprint density at radius 3 is 2.28 bits per heavy atom. The Morgan fingerprint density at radius 2 is 1.64 bits per heavy atom. The zero-order valence-corrected chi connectivity index (χ0v) is 15.5. The highest BCUT2D eigenvalue weighted by atomic mass is 35.5. The van der Waals surface area contributed by atoms with Crippen molar-refractivity contribution < 1.29 is 17.9 Å². The Bertz CT molecular complexity index is 831. The molecule has 25 heavy (non-hydrogen) atoms. The molecule has 5 nitrogen and oxygen atoms in total. The summed E-state index contributed by atoms with van der Waals surface area (Å²) in [6.07, 6.45) is 2.91. The van der Waals surface area contributed by atoms with Crippen LogP contribution in [-0.4, -0.2) is 32.9 Å². The van der Waals surface area contributed by atoms with Crippen molar-refractivity contribution in [2.24, 2.45) is 0 Å². The maximum Gasteiger partial charge on any atom is 0.243 e. The molecule has 1 aliphatic rings. The lowest BCUT2D eigenvalue weighted by atomic mass is 10.2. The van der Waals surface area contributed by atoms with Crippen molar-refractivity contribution in [2.45, 2.75) is 24.2 Å². The molecule has 0 saturated carbocycles. The fourth-order valence-corrected chi connectivity index (χ4v) is 4.47. The van der Waals surface area contributed by atoms with E-state index in [1.807, 2.05) is 0 Å². The molecule has 0 atom stereocenters. The summed E-state index contributed by atoms with van der Waals surface area (Å²) in [5.74, 6) is 1.55. The summed E-state index contributed by atoms with van der Waals surface area (Å²) in [6.45, 7) is 1.17. The van der Waals surface area contributed by atoms with Gasteiger partial charge in [-0.2, -0.15) is 4.31 Å². The van der Waals surface area contributed by atoms with E-state index in [0.29, 0.717) is 35.4 Å². The van der Waals surface area contributed by atoms with Crippen LogP contribution in [0.4, 0.5) is 0 Å². The minimum atomic E-state index is -3.43. The van der Waals surface area contributed by atoms with E-state index in [1.165, 1.54) is 7.11 Å². The summed E-state index contributed by atoms with van der Waals surface area (Å²) in [4.78, 5) is 0.282. The maximum absolute atomic E-state index is 12.6. The monoisotopic (exact) mass is 381 g/mol. The zero-order valence-electron chi connectivity index (χ0n) is 13.9. The largest absolute Gasteiger partial charge is 0.493 e. The first-order valence-corrected chi connectivity index (χ1v) is 9.94. The molecule has 0 unspecified atom stereocenters. The van der Waals surface area contributed by atoms with Gasteiger partial charge < -0.3 is 9.47 Å². The molecule has 134 valence electrons. The third-order valence-corrected chi connectivity index (χ3v) is 6.28. The van der Waals surface area contributed by atoms with Crippen LogP contribution in [0, 0.1) is 0 Å². The van der Waals surface area contributed by atoms with Crippen LogP contribution in [0.15, 0.2) is 47.4 Å². The molecule has 0 amide bonds. The molecular weight excluding hydrogens is 362 g/mol. The summed E-state index contributed by atoms with van der Waals surface area (Å²) < 4.78 is 37.9. The Kier molecular flexibility index (Phi) is 5.51. The van der Waals surface area contributed by atoms with Gasteiger partial charge in [-0.1, -0.05) is 18.0 Å². The molecule has 7 heteroatoms. The number of halogens is 1. The lowest BCUT2D eigenvalue weighted by molar-refractivity contribution is 0.346. The summed E-state index contributed by atoms with van der Waals surface area (Å²) in [5, 5.41) is 0.548. The average Bonchev–Trinajstić information content (AvgIpc) is 2.64. The number of sulfonamides is 1. The number of nitrogens with zero attached hydrogens (tertiary/aromatic N) is 1. The normalized spacial score (nSPS) is 15.8. The highest BCUT2D eigenvalue weighted by Gasteiger charge is 2.25. The first-order chi connectivity index (χ1) is 12.0. The van der Waals surface area contributed by atoms with Crippen molar-refractivity contribution >= 4 is 21.6 Å². The highest BCUT2D eigenvalue weighted by Crippen LogP contribution is 2.34. The molecule has 0 spiro atoms. The number of piperidine rings is 1. The molecule has 2 aromatic rings. The van der Waals surface area contributed by atoms with Crippen LogP contribution in [0.3, 0.4) is 0 Å². The summed E-state index contributed by atoms with van der Waals surface area (Å²) >= 11 is 5.94. The van der Waals surface area contributed by atoms with Gasteiger partial charge >= 0.3 is 0 Å². The standard InChI is InChI=1S/C18H20ClNO4S/c1-23-18-13-14(19)5-10-17(18)24-15-6-8-16(9-7-15)25(21,22)20-11-3-2-4-12-20/h5-10,13H,2-4,11-12H2,1H3. The van der Waals surface area contributed by atoms with Crippen LogP contribution in [-0.2, 0) is 10.0 Å². The summed E-state index contributed by atoms with van der Waals surface area (Å²) in [7, 11) is -1.90. The van der Waals surface area contributed by atoms with E-state index in [-0.39, 0.29) is 4.90 Å². The predicted octanol–water partition coefficient (Wildman–Crippen LogP) is 4.32. The molecule has 0 aliphatic carbocycles. The van der Waals surface area contributed by atoms with Crippen molar-refractivity contribution in [1.82, 2.24) is 4.31 Å². The number of benzene rings is 2. The molecule has 3 rings (SSSR count). The third kappa shape index (κ3) is 4.08. The minimum Gasteiger partial charge on any atom is -0.493 e. The van der Waals surface area contributed by atoms with Crippen molar-refractivity contribution in [3.8, 4) is 17.2 Å². The predicted molar refractivity (Wildman–Crippen MR) is 97.1 cm³/mol. The van der Waals surface area contributed by atoms with Gasteiger partial charge in [0.25, 0.3) is 0 Å². The van der Waals surface area contributed by atoms with Gasteiger partial charge in [0.05, 0.1) is 12.0 Å². The molecule has 0 bridgehead atoms. The van der Waals surface area contributed by atoms with Crippen molar-refractivity contribution in [1.29, 1.82) is 0 Å². The topological polar surface area (TPSA) is 55.8 Å². The Hall–Kier alpha value is -1.76. The highest BCUT2D eigenvalue weighted by molar-refractivity contribution is 7.89.